The van der Waals surface area contributed by atoms with Crippen molar-refractivity contribution in [2.45, 2.75) is 59.3 Å². The van der Waals surface area contributed by atoms with Crippen molar-refractivity contribution in [1.82, 2.24) is 15.2 Å². The molecule has 27 heavy (non-hydrogen) atoms. The fourth-order valence-electron chi connectivity index (χ4n) is 3.93. The van der Waals surface area contributed by atoms with E-state index in [0.717, 1.165) is 36.6 Å². The van der Waals surface area contributed by atoms with Crippen LogP contribution >= 0.6 is 0 Å². The Morgan fingerprint density at radius 3 is 2.85 bits per heavy atom. The van der Waals surface area contributed by atoms with Gasteiger partial charge in [0.1, 0.15) is 11.6 Å². The molecule has 1 aliphatic rings. The van der Waals surface area contributed by atoms with Gasteiger partial charge in [0.2, 0.25) is 5.91 Å². The number of aryl methyl sites for hydroxylation is 1. The summed E-state index contributed by atoms with van der Waals surface area (Å²) >= 11 is 0. The number of pyridine rings is 1. The van der Waals surface area contributed by atoms with Crippen LogP contribution in [0.1, 0.15) is 61.4 Å². The van der Waals surface area contributed by atoms with Crippen LogP contribution in [-0.4, -0.2) is 42.0 Å². The summed E-state index contributed by atoms with van der Waals surface area (Å²) in [6, 6.07) is 1.95. The molecule has 0 aromatic carbocycles. The topological polar surface area (TPSA) is 89.0 Å². The Bertz CT molecular complexity index is 748. The van der Waals surface area contributed by atoms with Gasteiger partial charge in [-0.25, -0.2) is 0 Å². The Labute approximate surface area is 162 Å². The lowest BCUT2D eigenvalue weighted by Crippen LogP contribution is -2.35. The van der Waals surface area contributed by atoms with E-state index in [1.807, 2.05) is 13.0 Å². The van der Waals surface area contributed by atoms with Crippen molar-refractivity contribution in [3.63, 3.8) is 0 Å². The minimum absolute atomic E-state index is 0.0186. The molecule has 2 rings (SSSR count). The van der Waals surface area contributed by atoms with Gasteiger partial charge in [0, 0.05) is 25.2 Å². The molecule has 2 heterocycles. The summed E-state index contributed by atoms with van der Waals surface area (Å²) < 4.78 is 0. The highest BCUT2D eigenvalue weighted by atomic mass is 16.1. The first-order valence-corrected chi connectivity index (χ1v) is 10.0. The Hall–Kier alpha value is -2.13. The van der Waals surface area contributed by atoms with Gasteiger partial charge < -0.3 is 15.2 Å². The minimum atomic E-state index is -0.358. The fourth-order valence-corrected chi connectivity index (χ4v) is 3.93. The molecule has 1 aliphatic heterocycles. The zero-order chi connectivity index (χ0) is 19.8. The van der Waals surface area contributed by atoms with Crippen LogP contribution in [0.25, 0.3) is 0 Å². The van der Waals surface area contributed by atoms with Gasteiger partial charge in [-0.3, -0.25) is 9.59 Å². The van der Waals surface area contributed by atoms with Crippen molar-refractivity contribution in [1.29, 1.82) is 5.26 Å². The molecule has 1 aromatic heterocycles. The maximum atomic E-state index is 12.1. The lowest BCUT2D eigenvalue weighted by Gasteiger charge is -2.30. The second-order valence-electron chi connectivity index (χ2n) is 7.77. The molecule has 1 unspecified atom stereocenters. The first kappa shape index (κ1) is 21.2. The van der Waals surface area contributed by atoms with Crippen LogP contribution in [0.2, 0.25) is 0 Å². The normalized spacial score (nSPS) is 17.5. The summed E-state index contributed by atoms with van der Waals surface area (Å²) in [7, 11) is 0. The van der Waals surface area contributed by atoms with E-state index in [4.69, 9.17) is 5.26 Å². The number of unbranched alkanes of at least 4 members (excludes halogenated alkanes) is 1. The summed E-state index contributed by atoms with van der Waals surface area (Å²) in [6.07, 6.45) is 5.64. The van der Waals surface area contributed by atoms with E-state index in [0.29, 0.717) is 24.9 Å². The molecular formula is C21H32N4O2. The molecule has 0 aliphatic carbocycles. The predicted octanol–water partition coefficient (Wildman–Crippen LogP) is 2.42. The fraction of sp³-hybridized carbons (Fsp3) is 0.667. The molecule has 2 N–H and O–H groups in total. The number of amides is 1. The summed E-state index contributed by atoms with van der Waals surface area (Å²) in [5.74, 6) is 0.824. The van der Waals surface area contributed by atoms with Gasteiger partial charge in [-0.1, -0.05) is 6.92 Å². The summed E-state index contributed by atoms with van der Waals surface area (Å²) in [6.45, 7) is 10.1. The first-order valence-electron chi connectivity index (χ1n) is 10.0. The second-order valence-corrected chi connectivity index (χ2v) is 7.77. The molecule has 6 heteroatoms. The van der Waals surface area contributed by atoms with Gasteiger partial charge >= 0.3 is 0 Å². The lowest BCUT2D eigenvalue weighted by atomic mass is 9.99. The number of aromatic nitrogens is 1. The molecule has 148 valence electrons. The van der Waals surface area contributed by atoms with Gasteiger partial charge in [0.15, 0.2) is 0 Å². The van der Waals surface area contributed by atoms with Gasteiger partial charge in [0.25, 0.3) is 5.56 Å². The van der Waals surface area contributed by atoms with Crippen molar-refractivity contribution in [3.8, 4) is 6.07 Å². The number of H-pyrrole nitrogens is 1. The van der Waals surface area contributed by atoms with E-state index < -0.39 is 0 Å². The van der Waals surface area contributed by atoms with Gasteiger partial charge in [-0.05, 0) is 76.1 Å². The van der Waals surface area contributed by atoms with Crippen LogP contribution in [0.4, 0.5) is 0 Å². The average Bonchev–Trinajstić information content (AvgIpc) is 2.61. The standard InChI is InChI=1S/C21H32N4O2/c1-15-7-6-12-25(14-15)11-5-4-10-23-20(26)9-8-18-16(2)19(13-22)21(27)24-17(18)3/h15H,4-12,14H2,1-3H3,(H,23,26)(H,24,27). The molecule has 1 atom stereocenters. The van der Waals surface area contributed by atoms with Gasteiger partial charge in [0.05, 0.1) is 0 Å². The van der Waals surface area contributed by atoms with E-state index in [-0.39, 0.29) is 17.0 Å². The van der Waals surface area contributed by atoms with E-state index in [1.165, 1.54) is 25.9 Å². The third kappa shape index (κ3) is 6.21. The number of hydrogen-bond donors (Lipinski definition) is 2. The Morgan fingerprint density at radius 2 is 2.15 bits per heavy atom. The quantitative estimate of drug-likeness (QED) is 0.686. The summed E-state index contributed by atoms with van der Waals surface area (Å²) in [5, 5.41) is 12.1. The minimum Gasteiger partial charge on any atom is -0.356 e. The number of hydrogen-bond acceptors (Lipinski definition) is 4. The van der Waals surface area contributed by atoms with Crippen molar-refractivity contribution >= 4 is 5.91 Å². The molecule has 0 radical (unpaired) electrons. The monoisotopic (exact) mass is 372 g/mol. The van der Waals surface area contributed by atoms with Crippen LogP contribution in [0.3, 0.4) is 0 Å². The molecule has 0 bridgehead atoms. The van der Waals surface area contributed by atoms with Crippen molar-refractivity contribution in [2.24, 2.45) is 5.92 Å². The number of rotatable bonds is 8. The summed E-state index contributed by atoms with van der Waals surface area (Å²) in [5.41, 5.74) is 2.09. The highest BCUT2D eigenvalue weighted by Gasteiger charge is 2.15. The van der Waals surface area contributed by atoms with Crippen LogP contribution in [-0.2, 0) is 11.2 Å². The van der Waals surface area contributed by atoms with E-state index in [9.17, 15) is 9.59 Å². The highest BCUT2D eigenvalue weighted by Crippen LogP contribution is 2.16. The number of nitrogens with zero attached hydrogens (tertiary/aromatic N) is 2. The number of likely N-dealkylation sites (tertiary alicyclic amines) is 1. The molecule has 0 saturated carbocycles. The predicted molar refractivity (Wildman–Crippen MR) is 107 cm³/mol. The van der Waals surface area contributed by atoms with Crippen LogP contribution in [0.15, 0.2) is 4.79 Å². The average molecular weight is 373 g/mol. The number of aromatic amines is 1. The number of piperidine rings is 1. The second kappa shape index (κ2) is 10.3. The van der Waals surface area contributed by atoms with Crippen LogP contribution in [0.5, 0.6) is 0 Å². The molecule has 6 nitrogen and oxygen atoms in total. The maximum Gasteiger partial charge on any atom is 0.266 e. The largest absolute Gasteiger partial charge is 0.356 e. The van der Waals surface area contributed by atoms with E-state index >= 15 is 0 Å². The third-order valence-electron chi connectivity index (χ3n) is 5.49. The molecule has 0 spiro atoms. The summed E-state index contributed by atoms with van der Waals surface area (Å²) in [4.78, 5) is 29.1. The molecular weight excluding hydrogens is 340 g/mol. The Kier molecular flexibility index (Phi) is 8.05. The molecule has 1 fully saturated rings. The van der Waals surface area contributed by atoms with Gasteiger partial charge in [-0.15, -0.1) is 0 Å². The third-order valence-corrected chi connectivity index (χ3v) is 5.49. The smallest absolute Gasteiger partial charge is 0.266 e. The van der Waals surface area contributed by atoms with Crippen LogP contribution in [0, 0.1) is 31.1 Å². The van der Waals surface area contributed by atoms with Gasteiger partial charge in [-0.2, -0.15) is 5.26 Å². The number of nitriles is 1. The Balaban J connectivity index is 1.70. The van der Waals surface area contributed by atoms with Crippen molar-refractivity contribution < 1.29 is 4.79 Å². The van der Waals surface area contributed by atoms with E-state index in [1.54, 1.807) is 6.92 Å². The zero-order valence-electron chi connectivity index (χ0n) is 16.9. The van der Waals surface area contributed by atoms with Crippen molar-refractivity contribution in [2.75, 3.05) is 26.2 Å². The lowest BCUT2D eigenvalue weighted by molar-refractivity contribution is -0.121. The number of nitrogens with one attached hydrogen (secondary N) is 2. The first-order chi connectivity index (χ1) is 12.9. The van der Waals surface area contributed by atoms with Crippen LogP contribution < -0.4 is 10.9 Å². The van der Waals surface area contributed by atoms with Crippen molar-refractivity contribution in [3.05, 3.63) is 32.7 Å². The highest BCUT2D eigenvalue weighted by molar-refractivity contribution is 5.76. The zero-order valence-corrected chi connectivity index (χ0v) is 16.9. The SMILES string of the molecule is Cc1[nH]c(=O)c(C#N)c(C)c1CCC(=O)NCCCCN1CCCC(C)C1. The molecule has 1 aromatic rings. The number of carbonyl (C=O) groups is 1. The molecule has 1 amide bonds. The maximum absolute atomic E-state index is 12.1. The van der Waals surface area contributed by atoms with E-state index in [2.05, 4.69) is 22.1 Å². The molecule has 1 saturated heterocycles. The number of carbonyl (C=O) groups excluding carboxylic acids is 1. The Morgan fingerprint density at radius 1 is 1.37 bits per heavy atom.